The van der Waals surface area contributed by atoms with Gasteiger partial charge in [-0.25, -0.2) is 8.78 Å². The molecule has 1 saturated heterocycles. The Morgan fingerprint density at radius 1 is 1.47 bits per heavy atom. The fraction of sp³-hybridized carbons (Fsp3) is 0.917. The Labute approximate surface area is 101 Å². The Bertz CT molecular complexity index is 292. The molecule has 1 aliphatic heterocycles. The van der Waals surface area contributed by atoms with Crippen molar-refractivity contribution in [1.29, 1.82) is 0 Å². The second kappa shape index (κ2) is 4.88. The fourth-order valence-electron chi connectivity index (χ4n) is 2.60. The van der Waals surface area contributed by atoms with E-state index >= 15 is 0 Å². The highest BCUT2D eigenvalue weighted by Gasteiger charge is 2.44. The number of carbonyl (C=O) groups excluding carboxylic acids is 1. The van der Waals surface area contributed by atoms with Gasteiger partial charge in [0.15, 0.2) is 0 Å². The van der Waals surface area contributed by atoms with E-state index in [9.17, 15) is 13.6 Å². The minimum absolute atomic E-state index is 0.0597. The molecule has 17 heavy (non-hydrogen) atoms. The van der Waals surface area contributed by atoms with E-state index in [0.29, 0.717) is 13.0 Å². The number of nitrogens with one attached hydrogen (secondary N) is 1. The summed E-state index contributed by atoms with van der Waals surface area (Å²) in [5.74, 6) is -3.15. The van der Waals surface area contributed by atoms with Crippen molar-refractivity contribution in [3.8, 4) is 0 Å². The van der Waals surface area contributed by atoms with Crippen molar-refractivity contribution in [1.82, 2.24) is 10.2 Å². The molecule has 2 rings (SSSR count). The Kier molecular flexibility index (Phi) is 3.66. The molecular weight excluding hydrogens is 226 g/mol. The summed E-state index contributed by atoms with van der Waals surface area (Å²) in [4.78, 5) is 14.0. The molecule has 1 heterocycles. The van der Waals surface area contributed by atoms with Crippen LogP contribution >= 0.6 is 0 Å². The van der Waals surface area contributed by atoms with Crippen LogP contribution in [0.3, 0.4) is 0 Å². The van der Waals surface area contributed by atoms with Gasteiger partial charge in [-0.2, -0.15) is 0 Å². The molecule has 1 saturated carbocycles. The van der Waals surface area contributed by atoms with Crippen molar-refractivity contribution in [2.45, 2.75) is 44.6 Å². The van der Waals surface area contributed by atoms with Gasteiger partial charge in [-0.05, 0) is 12.8 Å². The number of hydrogen-bond acceptors (Lipinski definition) is 2. The van der Waals surface area contributed by atoms with Crippen molar-refractivity contribution in [2.75, 3.05) is 19.6 Å². The Hall–Kier alpha value is -0.710. The van der Waals surface area contributed by atoms with Gasteiger partial charge in [0.05, 0.1) is 6.04 Å². The van der Waals surface area contributed by atoms with Crippen LogP contribution < -0.4 is 5.32 Å². The van der Waals surface area contributed by atoms with E-state index in [0.717, 1.165) is 19.5 Å². The van der Waals surface area contributed by atoms with Gasteiger partial charge >= 0.3 is 0 Å². The maximum absolute atomic E-state index is 13.1. The molecule has 1 N–H and O–H groups in total. The maximum Gasteiger partial charge on any atom is 0.248 e. The third-order valence-electron chi connectivity index (χ3n) is 3.70. The average molecular weight is 246 g/mol. The quantitative estimate of drug-likeness (QED) is 0.817. The summed E-state index contributed by atoms with van der Waals surface area (Å²) in [6.45, 7) is 4.30. The average Bonchev–Trinajstić information content (AvgIpc) is 2.54. The van der Waals surface area contributed by atoms with E-state index in [1.165, 1.54) is 0 Å². The largest absolute Gasteiger partial charge is 0.337 e. The molecule has 0 aromatic heterocycles. The monoisotopic (exact) mass is 246 g/mol. The lowest BCUT2D eigenvalue weighted by Crippen LogP contribution is -2.59. The number of rotatable bonds is 4. The van der Waals surface area contributed by atoms with Gasteiger partial charge in [0, 0.05) is 38.4 Å². The molecule has 1 aliphatic carbocycles. The number of amides is 1. The predicted octanol–water partition coefficient (Wildman–Crippen LogP) is 1.63. The lowest BCUT2D eigenvalue weighted by Gasteiger charge is -2.39. The van der Waals surface area contributed by atoms with E-state index in [1.807, 2.05) is 11.8 Å². The molecule has 1 unspecified atom stereocenters. The molecule has 1 atom stereocenters. The van der Waals surface area contributed by atoms with E-state index in [1.54, 1.807) is 0 Å². The number of hydrogen-bond donors (Lipinski definition) is 1. The van der Waals surface area contributed by atoms with Gasteiger partial charge in [0.1, 0.15) is 0 Å². The Balaban J connectivity index is 1.96. The highest BCUT2D eigenvalue weighted by Crippen LogP contribution is 2.39. The zero-order valence-electron chi connectivity index (χ0n) is 10.2. The SMILES string of the molecule is CCCN(C(=O)C1CCC(F)(F)C1)C1CNC1. The minimum Gasteiger partial charge on any atom is -0.337 e. The van der Waals surface area contributed by atoms with Crippen molar-refractivity contribution >= 4 is 5.91 Å². The van der Waals surface area contributed by atoms with Gasteiger partial charge in [0.2, 0.25) is 11.8 Å². The molecule has 0 radical (unpaired) electrons. The first-order valence-electron chi connectivity index (χ1n) is 6.42. The number of halogens is 2. The van der Waals surface area contributed by atoms with E-state index < -0.39 is 11.8 Å². The molecule has 98 valence electrons. The van der Waals surface area contributed by atoms with E-state index in [-0.39, 0.29) is 24.8 Å². The maximum atomic E-state index is 13.1. The van der Waals surface area contributed by atoms with Crippen LogP contribution in [0.1, 0.15) is 32.6 Å². The van der Waals surface area contributed by atoms with Crippen molar-refractivity contribution < 1.29 is 13.6 Å². The molecule has 1 amide bonds. The number of nitrogens with zero attached hydrogens (tertiary/aromatic N) is 1. The van der Waals surface area contributed by atoms with Crippen LogP contribution in [0.4, 0.5) is 8.78 Å². The van der Waals surface area contributed by atoms with Crippen LogP contribution in [-0.4, -0.2) is 42.4 Å². The van der Waals surface area contributed by atoms with Crippen LogP contribution in [-0.2, 0) is 4.79 Å². The van der Waals surface area contributed by atoms with Gasteiger partial charge in [-0.3, -0.25) is 4.79 Å². The van der Waals surface area contributed by atoms with Crippen LogP contribution in [0, 0.1) is 5.92 Å². The predicted molar refractivity (Wildman–Crippen MR) is 60.9 cm³/mol. The first kappa shape index (κ1) is 12.7. The van der Waals surface area contributed by atoms with Crippen LogP contribution in [0.15, 0.2) is 0 Å². The van der Waals surface area contributed by atoms with Crippen molar-refractivity contribution in [2.24, 2.45) is 5.92 Å². The summed E-state index contributed by atoms with van der Waals surface area (Å²) >= 11 is 0. The lowest BCUT2D eigenvalue weighted by atomic mass is 10.0. The van der Waals surface area contributed by atoms with Crippen LogP contribution in [0.5, 0.6) is 0 Å². The van der Waals surface area contributed by atoms with Gasteiger partial charge in [-0.1, -0.05) is 6.92 Å². The zero-order valence-corrected chi connectivity index (χ0v) is 10.2. The Morgan fingerprint density at radius 2 is 2.18 bits per heavy atom. The summed E-state index contributed by atoms with van der Waals surface area (Å²) in [6.07, 6.45) is 0.829. The van der Waals surface area contributed by atoms with E-state index in [2.05, 4.69) is 5.32 Å². The smallest absolute Gasteiger partial charge is 0.248 e. The van der Waals surface area contributed by atoms with Crippen molar-refractivity contribution in [3.05, 3.63) is 0 Å². The molecule has 2 fully saturated rings. The second-order valence-electron chi connectivity index (χ2n) is 5.14. The molecule has 2 aliphatic rings. The van der Waals surface area contributed by atoms with Gasteiger partial charge in [0.25, 0.3) is 0 Å². The normalized spacial score (nSPS) is 27.8. The molecule has 5 heteroatoms. The van der Waals surface area contributed by atoms with Crippen molar-refractivity contribution in [3.63, 3.8) is 0 Å². The zero-order chi connectivity index (χ0) is 12.5. The van der Waals surface area contributed by atoms with Crippen LogP contribution in [0.25, 0.3) is 0 Å². The first-order chi connectivity index (χ1) is 8.03. The summed E-state index contributed by atoms with van der Waals surface area (Å²) in [5.41, 5.74) is 0. The Morgan fingerprint density at radius 3 is 2.59 bits per heavy atom. The second-order valence-corrected chi connectivity index (χ2v) is 5.14. The standard InChI is InChI=1S/C12H20F2N2O/c1-2-5-16(10-7-15-8-10)11(17)9-3-4-12(13,14)6-9/h9-10,15H,2-8H2,1H3. The summed E-state index contributed by atoms with van der Waals surface area (Å²) in [7, 11) is 0. The summed E-state index contributed by atoms with van der Waals surface area (Å²) in [5, 5.41) is 3.12. The first-order valence-corrected chi connectivity index (χ1v) is 6.42. The molecule has 0 aromatic carbocycles. The fourth-order valence-corrected chi connectivity index (χ4v) is 2.60. The topological polar surface area (TPSA) is 32.3 Å². The van der Waals surface area contributed by atoms with Crippen LogP contribution in [0.2, 0.25) is 0 Å². The third-order valence-corrected chi connectivity index (χ3v) is 3.70. The molecular formula is C12H20F2N2O. The van der Waals surface area contributed by atoms with Gasteiger partial charge in [-0.15, -0.1) is 0 Å². The minimum atomic E-state index is -2.63. The lowest BCUT2D eigenvalue weighted by molar-refractivity contribution is -0.139. The molecule has 0 aromatic rings. The molecule has 3 nitrogen and oxygen atoms in total. The highest BCUT2D eigenvalue weighted by molar-refractivity contribution is 5.79. The summed E-state index contributed by atoms with van der Waals surface area (Å²) < 4.78 is 26.2. The summed E-state index contributed by atoms with van der Waals surface area (Å²) in [6, 6.07) is 0.219. The highest BCUT2D eigenvalue weighted by atomic mass is 19.3. The number of alkyl halides is 2. The number of carbonyl (C=O) groups is 1. The molecule has 0 spiro atoms. The third kappa shape index (κ3) is 2.76. The van der Waals surface area contributed by atoms with E-state index in [4.69, 9.17) is 0 Å². The van der Waals surface area contributed by atoms with Gasteiger partial charge < -0.3 is 10.2 Å². The molecule has 0 bridgehead atoms.